The Morgan fingerprint density at radius 3 is 2.58 bits per heavy atom. The lowest BCUT2D eigenvalue weighted by Gasteiger charge is -2.27. The molecule has 2 aromatic rings. The van der Waals surface area contributed by atoms with Gasteiger partial charge in [0.1, 0.15) is 0 Å². The van der Waals surface area contributed by atoms with Crippen molar-refractivity contribution in [2.45, 2.75) is 50.2 Å². The summed E-state index contributed by atoms with van der Waals surface area (Å²) in [6.07, 6.45) is 2.17. The minimum absolute atomic E-state index is 0.0281. The van der Waals surface area contributed by atoms with Crippen LogP contribution >= 0.6 is 0 Å². The number of hydrogen-bond acceptors (Lipinski definition) is 6. The largest absolute Gasteiger partial charge is 0.378 e. The van der Waals surface area contributed by atoms with E-state index in [1.165, 1.54) is 13.0 Å². The van der Waals surface area contributed by atoms with Crippen molar-refractivity contribution < 1.29 is 22.7 Å². The predicted octanol–water partition coefficient (Wildman–Crippen LogP) is 1.48. The van der Waals surface area contributed by atoms with Crippen molar-refractivity contribution in [2.75, 3.05) is 18.5 Å². The molecule has 1 saturated carbocycles. The molecule has 1 aliphatic carbocycles. The number of anilines is 1. The first-order valence-electron chi connectivity index (χ1n) is 11.0. The van der Waals surface area contributed by atoms with Crippen LogP contribution in [0.5, 0.6) is 0 Å². The summed E-state index contributed by atoms with van der Waals surface area (Å²) < 4.78 is 36.1. The van der Waals surface area contributed by atoms with E-state index in [9.17, 15) is 18.0 Å². The maximum atomic E-state index is 13.4. The predicted molar refractivity (Wildman–Crippen MR) is 120 cm³/mol. The third-order valence-electron chi connectivity index (χ3n) is 6.52. The summed E-state index contributed by atoms with van der Waals surface area (Å²) in [7, 11) is -2.24. The van der Waals surface area contributed by atoms with E-state index in [0.717, 1.165) is 12.8 Å². The lowest BCUT2D eigenvalue weighted by Crippen LogP contribution is -2.48. The fourth-order valence-corrected chi connectivity index (χ4v) is 6.00. The van der Waals surface area contributed by atoms with Crippen LogP contribution < -0.4 is 10.0 Å². The molecule has 1 aromatic heterocycles. The van der Waals surface area contributed by atoms with Gasteiger partial charge in [0.15, 0.2) is 5.82 Å². The molecule has 5 rings (SSSR count). The van der Waals surface area contributed by atoms with E-state index in [4.69, 9.17) is 4.74 Å². The SMILES string of the molecule is CC(=O)Nc1cc(-c2cc3c(c(S(=O)(=O)NC4COC4)c2)C(=O)N(C(C)C2CC2)C3)n(C)n1. The molecule has 3 heterocycles. The molecule has 33 heavy (non-hydrogen) atoms. The Morgan fingerprint density at radius 1 is 1.24 bits per heavy atom. The number of nitrogens with zero attached hydrogens (tertiary/aromatic N) is 3. The highest BCUT2D eigenvalue weighted by molar-refractivity contribution is 7.89. The van der Waals surface area contributed by atoms with Gasteiger partial charge >= 0.3 is 0 Å². The van der Waals surface area contributed by atoms with Crippen LogP contribution in [0.2, 0.25) is 0 Å². The van der Waals surface area contributed by atoms with E-state index in [1.807, 2.05) is 13.0 Å². The van der Waals surface area contributed by atoms with Crippen LogP contribution in [-0.2, 0) is 33.1 Å². The van der Waals surface area contributed by atoms with Crippen LogP contribution in [-0.4, -0.2) is 60.2 Å². The van der Waals surface area contributed by atoms with Crippen molar-refractivity contribution >= 4 is 27.7 Å². The molecule has 1 aromatic carbocycles. The number of carbonyl (C=O) groups excluding carboxylic acids is 2. The van der Waals surface area contributed by atoms with Crippen molar-refractivity contribution in [3.8, 4) is 11.3 Å². The molecule has 0 radical (unpaired) electrons. The number of sulfonamides is 1. The van der Waals surface area contributed by atoms with Crippen LogP contribution in [0, 0.1) is 5.92 Å². The zero-order valence-corrected chi connectivity index (χ0v) is 19.6. The molecule has 11 heteroatoms. The van der Waals surface area contributed by atoms with E-state index >= 15 is 0 Å². The van der Waals surface area contributed by atoms with Gasteiger partial charge < -0.3 is 15.0 Å². The summed E-state index contributed by atoms with van der Waals surface area (Å²) in [4.78, 5) is 26.6. The second-order valence-corrected chi connectivity index (χ2v) is 10.8. The van der Waals surface area contributed by atoms with Gasteiger partial charge in [-0.3, -0.25) is 14.3 Å². The number of nitrogens with one attached hydrogen (secondary N) is 2. The van der Waals surface area contributed by atoms with Crippen molar-refractivity contribution in [3.05, 3.63) is 29.3 Å². The van der Waals surface area contributed by atoms with Gasteiger partial charge in [-0.15, -0.1) is 0 Å². The minimum atomic E-state index is -3.96. The Kier molecular flexibility index (Phi) is 5.30. The van der Waals surface area contributed by atoms with E-state index in [-0.39, 0.29) is 34.4 Å². The number of rotatable bonds is 7. The number of hydrogen-bond donors (Lipinski definition) is 2. The summed E-state index contributed by atoms with van der Waals surface area (Å²) in [5, 5.41) is 6.94. The first-order chi connectivity index (χ1) is 15.6. The normalized spacial score (nSPS) is 19.4. The average molecular weight is 474 g/mol. The first kappa shape index (κ1) is 22.1. The lowest BCUT2D eigenvalue weighted by atomic mass is 10.0. The molecule has 10 nitrogen and oxygen atoms in total. The van der Waals surface area contributed by atoms with Gasteiger partial charge in [0.05, 0.1) is 35.4 Å². The second-order valence-electron chi connectivity index (χ2n) is 9.09. The molecule has 1 atom stereocenters. The number of benzene rings is 1. The fourth-order valence-electron chi connectivity index (χ4n) is 4.53. The number of fused-ring (bicyclic) bond motifs is 1. The van der Waals surface area contributed by atoms with Crippen LogP contribution in [0.15, 0.2) is 23.1 Å². The zero-order valence-electron chi connectivity index (χ0n) is 18.8. The highest BCUT2D eigenvalue weighted by atomic mass is 32.2. The highest BCUT2D eigenvalue weighted by Crippen LogP contribution is 2.41. The molecule has 1 saturated heterocycles. The quantitative estimate of drug-likeness (QED) is 0.628. The van der Waals surface area contributed by atoms with Crippen molar-refractivity contribution in [1.82, 2.24) is 19.4 Å². The Morgan fingerprint density at radius 2 is 1.97 bits per heavy atom. The molecular formula is C22H27N5O5S. The molecule has 2 fully saturated rings. The van der Waals surface area contributed by atoms with Crippen molar-refractivity contribution in [1.29, 1.82) is 0 Å². The Balaban J connectivity index is 1.60. The molecule has 2 N–H and O–H groups in total. The standard InChI is InChI=1S/C22H27N5O5S/c1-12(14-4-5-14)27-9-16-6-15(18-8-20(23-13(2)28)24-26(18)3)7-19(21(16)22(27)29)33(30,31)25-17-10-32-11-17/h6-8,12,14,17,25H,4-5,9-11H2,1-3H3,(H,23,24,28). The van der Waals surface area contributed by atoms with Gasteiger partial charge in [0.25, 0.3) is 5.91 Å². The molecule has 1 unspecified atom stereocenters. The minimum Gasteiger partial charge on any atom is -0.378 e. The lowest BCUT2D eigenvalue weighted by molar-refractivity contribution is -0.114. The number of carbonyl (C=O) groups is 2. The van der Waals surface area contributed by atoms with Crippen molar-refractivity contribution in [3.63, 3.8) is 0 Å². The molecule has 2 aliphatic heterocycles. The van der Waals surface area contributed by atoms with E-state index in [0.29, 0.717) is 48.3 Å². The Bertz CT molecular complexity index is 1250. The molecular weight excluding hydrogens is 446 g/mol. The molecule has 176 valence electrons. The first-order valence-corrected chi connectivity index (χ1v) is 12.5. The number of ether oxygens (including phenoxy) is 1. The number of aromatic nitrogens is 2. The Hall–Kier alpha value is -2.76. The van der Waals surface area contributed by atoms with E-state index in [2.05, 4.69) is 15.1 Å². The summed E-state index contributed by atoms with van der Waals surface area (Å²) >= 11 is 0. The van der Waals surface area contributed by atoms with Crippen LogP contribution in [0.3, 0.4) is 0 Å². The van der Waals surface area contributed by atoms with Gasteiger partial charge in [0, 0.05) is 38.2 Å². The summed E-state index contributed by atoms with van der Waals surface area (Å²) in [5.41, 5.74) is 2.16. The molecule has 2 amide bonds. The van der Waals surface area contributed by atoms with Crippen LogP contribution in [0.4, 0.5) is 5.82 Å². The highest BCUT2D eigenvalue weighted by Gasteiger charge is 2.42. The van der Waals surface area contributed by atoms with Crippen LogP contribution in [0.1, 0.15) is 42.6 Å². The van der Waals surface area contributed by atoms with Gasteiger partial charge in [-0.2, -0.15) is 5.10 Å². The summed E-state index contributed by atoms with van der Waals surface area (Å²) in [6.45, 7) is 4.40. The summed E-state index contributed by atoms with van der Waals surface area (Å²) in [5.74, 6) is 0.337. The van der Waals surface area contributed by atoms with Gasteiger partial charge in [-0.1, -0.05) is 0 Å². The van der Waals surface area contributed by atoms with Gasteiger partial charge in [-0.25, -0.2) is 13.1 Å². The number of amides is 2. The number of aryl methyl sites for hydroxylation is 1. The van der Waals surface area contributed by atoms with E-state index < -0.39 is 10.0 Å². The molecule has 0 bridgehead atoms. The third kappa shape index (κ3) is 4.04. The van der Waals surface area contributed by atoms with E-state index in [1.54, 1.807) is 22.7 Å². The fraction of sp³-hybridized carbons (Fsp3) is 0.500. The Labute approximate surface area is 192 Å². The molecule has 3 aliphatic rings. The van der Waals surface area contributed by atoms with Gasteiger partial charge in [0.2, 0.25) is 15.9 Å². The topological polar surface area (TPSA) is 123 Å². The monoisotopic (exact) mass is 473 g/mol. The smallest absolute Gasteiger partial charge is 0.256 e. The average Bonchev–Trinajstić information content (AvgIpc) is 3.43. The zero-order chi connectivity index (χ0) is 23.5. The van der Waals surface area contributed by atoms with Gasteiger partial charge in [-0.05, 0) is 43.4 Å². The van der Waals surface area contributed by atoms with Crippen LogP contribution in [0.25, 0.3) is 11.3 Å². The maximum absolute atomic E-state index is 13.4. The molecule has 0 spiro atoms. The second kappa shape index (κ2) is 7.93. The maximum Gasteiger partial charge on any atom is 0.256 e. The third-order valence-corrected chi connectivity index (χ3v) is 8.07. The summed E-state index contributed by atoms with van der Waals surface area (Å²) in [6, 6.07) is 4.81. The van der Waals surface area contributed by atoms with Crippen molar-refractivity contribution in [2.24, 2.45) is 13.0 Å².